The summed E-state index contributed by atoms with van der Waals surface area (Å²) in [7, 11) is 3.94. The maximum absolute atomic E-state index is 10.9. The molecule has 6 heteroatoms. The van der Waals surface area contributed by atoms with Gasteiger partial charge >= 0.3 is 0 Å². The third-order valence-corrected chi connectivity index (χ3v) is 2.03. The lowest BCUT2D eigenvalue weighted by Crippen LogP contribution is -2.22. The van der Waals surface area contributed by atoms with Crippen molar-refractivity contribution >= 4 is 17.4 Å². The molecule has 0 aliphatic rings. The molecule has 0 aliphatic heterocycles. The van der Waals surface area contributed by atoms with E-state index in [0.29, 0.717) is 18.1 Å². The van der Waals surface area contributed by atoms with Crippen LogP contribution >= 0.6 is 0 Å². The number of anilines is 2. The van der Waals surface area contributed by atoms with Crippen LogP contribution in [0.25, 0.3) is 0 Å². The molecule has 0 aliphatic carbocycles. The SMILES string of the molecule is CN(C)CCNc1nc(C(N)=O)ccc1N. The summed E-state index contributed by atoms with van der Waals surface area (Å²) in [4.78, 5) is 17.0. The number of carbonyl (C=O) groups is 1. The van der Waals surface area contributed by atoms with Crippen molar-refractivity contribution < 1.29 is 4.79 Å². The smallest absolute Gasteiger partial charge is 0.267 e. The third kappa shape index (κ3) is 3.39. The van der Waals surface area contributed by atoms with Gasteiger partial charge in [0.1, 0.15) is 11.5 Å². The molecule has 1 heterocycles. The van der Waals surface area contributed by atoms with E-state index in [2.05, 4.69) is 10.3 Å². The second kappa shape index (κ2) is 5.32. The van der Waals surface area contributed by atoms with E-state index >= 15 is 0 Å². The first-order chi connectivity index (χ1) is 7.50. The van der Waals surface area contributed by atoms with Gasteiger partial charge in [-0.1, -0.05) is 0 Å². The molecule has 0 bridgehead atoms. The molecule has 16 heavy (non-hydrogen) atoms. The molecule has 0 saturated carbocycles. The monoisotopic (exact) mass is 223 g/mol. The highest BCUT2D eigenvalue weighted by atomic mass is 16.1. The first kappa shape index (κ1) is 12.3. The number of nitrogen functional groups attached to an aromatic ring is 1. The van der Waals surface area contributed by atoms with Crippen molar-refractivity contribution in [2.45, 2.75) is 0 Å². The number of hydrogen-bond donors (Lipinski definition) is 3. The van der Waals surface area contributed by atoms with Crippen molar-refractivity contribution in [1.82, 2.24) is 9.88 Å². The largest absolute Gasteiger partial charge is 0.396 e. The second-order valence-corrected chi connectivity index (χ2v) is 3.73. The van der Waals surface area contributed by atoms with Gasteiger partial charge in [0.2, 0.25) is 0 Å². The fourth-order valence-corrected chi connectivity index (χ4v) is 1.15. The quantitative estimate of drug-likeness (QED) is 0.638. The Hall–Kier alpha value is -1.82. The van der Waals surface area contributed by atoms with Crippen LogP contribution in [-0.2, 0) is 0 Å². The minimum atomic E-state index is -0.560. The molecule has 0 atom stereocenters. The second-order valence-electron chi connectivity index (χ2n) is 3.73. The third-order valence-electron chi connectivity index (χ3n) is 2.03. The van der Waals surface area contributed by atoms with E-state index < -0.39 is 5.91 Å². The molecule has 1 aromatic heterocycles. The predicted molar refractivity (Wildman–Crippen MR) is 64.2 cm³/mol. The Morgan fingerprint density at radius 1 is 1.50 bits per heavy atom. The highest BCUT2D eigenvalue weighted by molar-refractivity contribution is 5.91. The summed E-state index contributed by atoms with van der Waals surface area (Å²) in [5, 5.41) is 3.05. The zero-order valence-electron chi connectivity index (χ0n) is 9.53. The molecule has 0 unspecified atom stereocenters. The van der Waals surface area contributed by atoms with E-state index in [-0.39, 0.29) is 5.69 Å². The Labute approximate surface area is 94.6 Å². The number of amides is 1. The van der Waals surface area contributed by atoms with E-state index in [4.69, 9.17) is 11.5 Å². The zero-order valence-corrected chi connectivity index (χ0v) is 9.53. The molecule has 0 saturated heterocycles. The van der Waals surface area contributed by atoms with Crippen molar-refractivity contribution in [2.24, 2.45) is 5.73 Å². The lowest BCUT2D eigenvalue weighted by Gasteiger charge is -2.12. The Morgan fingerprint density at radius 2 is 2.19 bits per heavy atom. The normalized spacial score (nSPS) is 10.4. The highest BCUT2D eigenvalue weighted by Gasteiger charge is 2.06. The number of carbonyl (C=O) groups excluding carboxylic acids is 1. The number of aromatic nitrogens is 1. The van der Waals surface area contributed by atoms with E-state index in [9.17, 15) is 4.79 Å². The van der Waals surface area contributed by atoms with Crippen molar-refractivity contribution in [1.29, 1.82) is 0 Å². The molecule has 1 amide bonds. The lowest BCUT2D eigenvalue weighted by molar-refractivity contribution is 0.0996. The topological polar surface area (TPSA) is 97.3 Å². The van der Waals surface area contributed by atoms with Crippen molar-refractivity contribution in [3.63, 3.8) is 0 Å². The average molecular weight is 223 g/mol. The average Bonchev–Trinajstić information content (AvgIpc) is 2.20. The lowest BCUT2D eigenvalue weighted by atomic mass is 10.3. The van der Waals surface area contributed by atoms with Gasteiger partial charge in [-0.05, 0) is 26.2 Å². The Balaban J connectivity index is 2.70. The summed E-state index contributed by atoms with van der Waals surface area (Å²) < 4.78 is 0. The summed E-state index contributed by atoms with van der Waals surface area (Å²) in [5.74, 6) is -0.0613. The molecule has 1 aromatic rings. The van der Waals surface area contributed by atoms with Crippen LogP contribution in [0.1, 0.15) is 10.5 Å². The molecule has 0 fully saturated rings. The fraction of sp³-hybridized carbons (Fsp3) is 0.400. The zero-order chi connectivity index (χ0) is 12.1. The molecular formula is C10H17N5O. The Morgan fingerprint density at radius 3 is 2.75 bits per heavy atom. The van der Waals surface area contributed by atoms with Gasteiger partial charge in [0.25, 0.3) is 5.91 Å². The number of nitrogens with one attached hydrogen (secondary N) is 1. The Bertz CT molecular complexity index is 377. The number of nitrogens with two attached hydrogens (primary N) is 2. The Kier molecular flexibility index (Phi) is 4.07. The van der Waals surface area contributed by atoms with Crippen LogP contribution in [0.15, 0.2) is 12.1 Å². The number of rotatable bonds is 5. The fourth-order valence-electron chi connectivity index (χ4n) is 1.15. The molecule has 0 aromatic carbocycles. The number of likely N-dealkylation sites (N-methyl/N-ethyl adjacent to an activating group) is 1. The maximum Gasteiger partial charge on any atom is 0.267 e. The molecule has 0 radical (unpaired) electrons. The maximum atomic E-state index is 10.9. The summed E-state index contributed by atoms with van der Waals surface area (Å²) in [6, 6.07) is 3.12. The van der Waals surface area contributed by atoms with Crippen LogP contribution in [0.2, 0.25) is 0 Å². The van der Waals surface area contributed by atoms with Gasteiger partial charge < -0.3 is 21.7 Å². The van der Waals surface area contributed by atoms with E-state index in [1.54, 1.807) is 6.07 Å². The molecule has 1 rings (SSSR count). The minimum absolute atomic E-state index is 0.210. The van der Waals surface area contributed by atoms with Crippen molar-refractivity contribution in [3.8, 4) is 0 Å². The predicted octanol–water partition coefficient (Wildman–Crippen LogP) is -0.264. The van der Waals surface area contributed by atoms with E-state index in [0.717, 1.165) is 6.54 Å². The van der Waals surface area contributed by atoms with Gasteiger partial charge in [-0.15, -0.1) is 0 Å². The van der Waals surface area contributed by atoms with Gasteiger partial charge in [-0.2, -0.15) is 0 Å². The van der Waals surface area contributed by atoms with Crippen molar-refractivity contribution in [3.05, 3.63) is 17.8 Å². The van der Waals surface area contributed by atoms with Crippen LogP contribution in [0.4, 0.5) is 11.5 Å². The molecule has 88 valence electrons. The standard InChI is InChI=1S/C10H17N5O/c1-15(2)6-5-13-10-7(11)3-4-8(14-10)9(12)16/h3-4H,5-6,11H2,1-2H3,(H2,12,16)(H,13,14). The van der Waals surface area contributed by atoms with E-state index in [1.807, 2.05) is 19.0 Å². The summed E-state index contributed by atoms with van der Waals surface area (Å²) in [6.45, 7) is 1.55. The van der Waals surface area contributed by atoms with Crippen LogP contribution in [0.5, 0.6) is 0 Å². The van der Waals surface area contributed by atoms with Crippen LogP contribution in [-0.4, -0.2) is 43.0 Å². The number of primary amides is 1. The van der Waals surface area contributed by atoms with Crippen molar-refractivity contribution in [2.75, 3.05) is 38.2 Å². The molecule has 5 N–H and O–H groups in total. The first-order valence-electron chi connectivity index (χ1n) is 4.95. The van der Waals surface area contributed by atoms with Gasteiger partial charge in [-0.3, -0.25) is 4.79 Å². The van der Waals surface area contributed by atoms with Crippen LogP contribution in [0, 0.1) is 0 Å². The number of pyridine rings is 1. The van der Waals surface area contributed by atoms with Gasteiger partial charge in [0, 0.05) is 13.1 Å². The molecule has 6 nitrogen and oxygen atoms in total. The van der Waals surface area contributed by atoms with Gasteiger partial charge in [-0.25, -0.2) is 4.98 Å². The van der Waals surface area contributed by atoms with Crippen LogP contribution < -0.4 is 16.8 Å². The van der Waals surface area contributed by atoms with Gasteiger partial charge in [0.05, 0.1) is 5.69 Å². The first-order valence-corrected chi connectivity index (χ1v) is 4.95. The van der Waals surface area contributed by atoms with Crippen LogP contribution in [0.3, 0.4) is 0 Å². The van der Waals surface area contributed by atoms with Gasteiger partial charge in [0.15, 0.2) is 0 Å². The minimum Gasteiger partial charge on any atom is -0.396 e. The number of hydrogen-bond acceptors (Lipinski definition) is 5. The summed E-state index contributed by atoms with van der Waals surface area (Å²) in [5.41, 5.74) is 11.6. The number of nitrogens with zero attached hydrogens (tertiary/aromatic N) is 2. The summed E-state index contributed by atoms with van der Waals surface area (Å²) >= 11 is 0. The summed E-state index contributed by atoms with van der Waals surface area (Å²) in [6.07, 6.45) is 0. The molecule has 0 spiro atoms. The van der Waals surface area contributed by atoms with E-state index in [1.165, 1.54) is 6.07 Å². The highest BCUT2D eigenvalue weighted by Crippen LogP contribution is 2.14. The molecular weight excluding hydrogens is 206 g/mol.